The van der Waals surface area contributed by atoms with Crippen molar-refractivity contribution in [2.75, 3.05) is 6.54 Å². The minimum atomic E-state index is -2.76. The molecule has 0 amide bonds. The Morgan fingerprint density at radius 1 is 1.28 bits per heavy atom. The van der Waals surface area contributed by atoms with Gasteiger partial charge < -0.3 is 10.1 Å². The van der Waals surface area contributed by atoms with E-state index in [0.717, 1.165) is 24.4 Å². The van der Waals surface area contributed by atoms with Gasteiger partial charge in [0, 0.05) is 12.1 Å². The van der Waals surface area contributed by atoms with E-state index in [0.29, 0.717) is 6.54 Å². The van der Waals surface area contributed by atoms with Crippen molar-refractivity contribution in [3.05, 3.63) is 29.8 Å². The molecule has 0 unspecified atom stereocenters. The summed E-state index contributed by atoms with van der Waals surface area (Å²) in [7, 11) is 0. The first kappa shape index (κ1) is 13.3. The van der Waals surface area contributed by atoms with Crippen LogP contribution < -0.4 is 10.1 Å². The van der Waals surface area contributed by atoms with Crippen molar-refractivity contribution in [3.63, 3.8) is 0 Å². The molecule has 0 aliphatic heterocycles. The number of ether oxygens (including phenoxy) is 1. The maximum absolute atomic E-state index is 12.2. The predicted octanol–water partition coefficient (Wildman–Crippen LogP) is 3.57. The van der Waals surface area contributed by atoms with E-state index in [1.165, 1.54) is 19.3 Å². The largest absolute Gasteiger partial charge is 0.434 e. The Bertz CT molecular complexity index is 367. The number of para-hydroxylation sites is 1. The van der Waals surface area contributed by atoms with E-state index in [4.69, 9.17) is 0 Å². The second-order valence-electron chi connectivity index (χ2n) is 4.75. The molecule has 1 aromatic carbocycles. The topological polar surface area (TPSA) is 21.3 Å². The number of hydrogen-bond donors (Lipinski definition) is 1. The van der Waals surface area contributed by atoms with E-state index in [-0.39, 0.29) is 5.75 Å². The summed E-state index contributed by atoms with van der Waals surface area (Å²) in [6.45, 7) is -1.26. The van der Waals surface area contributed by atoms with Gasteiger partial charge >= 0.3 is 6.61 Å². The fraction of sp³-hybridized carbons (Fsp3) is 0.571. The summed E-state index contributed by atoms with van der Waals surface area (Å²) in [6.07, 6.45) is 5.20. The van der Waals surface area contributed by atoms with Gasteiger partial charge in [-0.15, -0.1) is 0 Å². The number of halogens is 2. The summed E-state index contributed by atoms with van der Waals surface area (Å²) in [5.74, 6) is 1.21. The summed E-state index contributed by atoms with van der Waals surface area (Å²) in [5, 5.41) is 3.27. The average Bonchev–Trinajstić information content (AvgIpc) is 3.14. The SMILES string of the molecule is FC(F)Oc1ccccc1CNCCCC1CC1. The quantitative estimate of drug-likeness (QED) is 0.717. The van der Waals surface area contributed by atoms with E-state index in [9.17, 15) is 8.78 Å². The van der Waals surface area contributed by atoms with Crippen molar-refractivity contribution in [2.24, 2.45) is 5.92 Å². The van der Waals surface area contributed by atoms with Gasteiger partial charge in [-0.3, -0.25) is 0 Å². The smallest absolute Gasteiger partial charge is 0.387 e. The highest BCUT2D eigenvalue weighted by molar-refractivity contribution is 5.33. The molecule has 1 saturated carbocycles. The number of benzene rings is 1. The van der Waals surface area contributed by atoms with Gasteiger partial charge in [0.2, 0.25) is 0 Å². The molecule has 0 heterocycles. The molecule has 2 rings (SSSR count). The molecule has 0 saturated heterocycles. The van der Waals surface area contributed by atoms with Crippen LogP contribution in [0, 0.1) is 5.92 Å². The van der Waals surface area contributed by atoms with Gasteiger partial charge in [-0.25, -0.2) is 0 Å². The van der Waals surface area contributed by atoms with Crippen LogP contribution in [0.15, 0.2) is 24.3 Å². The fourth-order valence-corrected chi connectivity index (χ4v) is 2.01. The van der Waals surface area contributed by atoms with Crippen LogP contribution in [0.4, 0.5) is 8.78 Å². The first-order valence-corrected chi connectivity index (χ1v) is 6.49. The molecule has 1 aliphatic carbocycles. The van der Waals surface area contributed by atoms with Crippen LogP contribution in [-0.4, -0.2) is 13.2 Å². The Morgan fingerprint density at radius 2 is 2.06 bits per heavy atom. The van der Waals surface area contributed by atoms with Crippen LogP contribution in [0.1, 0.15) is 31.2 Å². The first-order valence-electron chi connectivity index (χ1n) is 6.49. The predicted molar refractivity (Wildman–Crippen MR) is 66.7 cm³/mol. The van der Waals surface area contributed by atoms with Gasteiger partial charge in [0.25, 0.3) is 0 Å². The molecule has 1 fully saturated rings. The van der Waals surface area contributed by atoms with Crippen LogP contribution in [0.3, 0.4) is 0 Å². The van der Waals surface area contributed by atoms with Crippen LogP contribution >= 0.6 is 0 Å². The van der Waals surface area contributed by atoms with Crippen molar-refractivity contribution in [1.82, 2.24) is 5.32 Å². The molecular weight excluding hydrogens is 236 g/mol. The van der Waals surface area contributed by atoms with Crippen molar-refractivity contribution in [3.8, 4) is 5.75 Å². The average molecular weight is 255 g/mol. The highest BCUT2D eigenvalue weighted by atomic mass is 19.3. The Hall–Kier alpha value is -1.16. The van der Waals surface area contributed by atoms with Crippen molar-refractivity contribution in [1.29, 1.82) is 0 Å². The van der Waals surface area contributed by atoms with Gasteiger partial charge in [0.05, 0.1) is 0 Å². The van der Waals surface area contributed by atoms with E-state index >= 15 is 0 Å². The third kappa shape index (κ3) is 4.61. The molecule has 0 atom stereocenters. The minimum Gasteiger partial charge on any atom is -0.434 e. The lowest BCUT2D eigenvalue weighted by molar-refractivity contribution is -0.0504. The molecule has 0 aromatic heterocycles. The molecule has 0 bridgehead atoms. The molecule has 100 valence electrons. The summed E-state index contributed by atoms with van der Waals surface area (Å²) >= 11 is 0. The summed E-state index contributed by atoms with van der Waals surface area (Å²) < 4.78 is 28.9. The van der Waals surface area contributed by atoms with Gasteiger partial charge in [-0.2, -0.15) is 8.78 Å². The second-order valence-corrected chi connectivity index (χ2v) is 4.75. The molecule has 1 N–H and O–H groups in total. The summed E-state index contributed by atoms with van der Waals surface area (Å²) in [4.78, 5) is 0. The van der Waals surface area contributed by atoms with Crippen LogP contribution in [-0.2, 0) is 6.54 Å². The van der Waals surface area contributed by atoms with Crippen LogP contribution in [0.25, 0.3) is 0 Å². The Kier molecular flexibility index (Phi) is 4.93. The van der Waals surface area contributed by atoms with Gasteiger partial charge in [0.15, 0.2) is 0 Å². The molecule has 18 heavy (non-hydrogen) atoms. The van der Waals surface area contributed by atoms with Crippen molar-refractivity contribution < 1.29 is 13.5 Å². The van der Waals surface area contributed by atoms with Crippen LogP contribution in [0.5, 0.6) is 5.75 Å². The normalized spacial score (nSPS) is 15.1. The van der Waals surface area contributed by atoms with E-state index in [1.807, 2.05) is 12.1 Å². The maximum Gasteiger partial charge on any atom is 0.387 e. The monoisotopic (exact) mass is 255 g/mol. The highest BCUT2D eigenvalue weighted by Crippen LogP contribution is 2.33. The van der Waals surface area contributed by atoms with Gasteiger partial charge in [-0.05, 0) is 31.4 Å². The molecule has 0 radical (unpaired) electrons. The maximum atomic E-state index is 12.2. The van der Waals surface area contributed by atoms with Crippen molar-refractivity contribution in [2.45, 2.75) is 38.8 Å². The highest BCUT2D eigenvalue weighted by Gasteiger charge is 2.19. The van der Waals surface area contributed by atoms with Gasteiger partial charge in [-0.1, -0.05) is 31.0 Å². The lowest BCUT2D eigenvalue weighted by atomic mass is 10.2. The fourth-order valence-electron chi connectivity index (χ4n) is 2.01. The minimum absolute atomic E-state index is 0.266. The zero-order valence-electron chi connectivity index (χ0n) is 10.4. The molecule has 4 heteroatoms. The number of nitrogens with one attached hydrogen (secondary N) is 1. The molecule has 2 nitrogen and oxygen atoms in total. The third-order valence-electron chi connectivity index (χ3n) is 3.17. The summed E-state index contributed by atoms with van der Waals surface area (Å²) in [5.41, 5.74) is 0.782. The van der Waals surface area contributed by atoms with Gasteiger partial charge in [0.1, 0.15) is 5.75 Å². The van der Waals surface area contributed by atoms with Crippen LogP contribution in [0.2, 0.25) is 0 Å². The number of rotatable bonds is 8. The second kappa shape index (κ2) is 6.69. The zero-order chi connectivity index (χ0) is 12.8. The zero-order valence-corrected chi connectivity index (χ0v) is 10.4. The Morgan fingerprint density at radius 3 is 2.78 bits per heavy atom. The standard InChI is InChI=1S/C14H19F2NO/c15-14(16)18-13-6-2-1-5-12(13)10-17-9-3-4-11-7-8-11/h1-2,5-6,11,14,17H,3-4,7-10H2. The third-order valence-corrected chi connectivity index (χ3v) is 3.17. The van der Waals surface area contributed by atoms with Crippen molar-refractivity contribution >= 4 is 0 Å². The molecule has 0 spiro atoms. The number of alkyl halides is 2. The number of hydrogen-bond acceptors (Lipinski definition) is 2. The Balaban J connectivity index is 1.72. The lowest BCUT2D eigenvalue weighted by Crippen LogP contribution is -2.16. The summed E-state index contributed by atoms with van der Waals surface area (Å²) in [6, 6.07) is 6.92. The first-order chi connectivity index (χ1) is 8.75. The molecule has 1 aromatic rings. The Labute approximate surface area is 106 Å². The molecule has 1 aliphatic rings. The van der Waals surface area contributed by atoms with E-state index < -0.39 is 6.61 Å². The van der Waals surface area contributed by atoms with E-state index in [2.05, 4.69) is 10.1 Å². The van der Waals surface area contributed by atoms with E-state index in [1.54, 1.807) is 12.1 Å². The molecular formula is C14H19F2NO. The lowest BCUT2D eigenvalue weighted by Gasteiger charge is -2.11.